The Labute approximate surface area is 152 Å². The molecule has 0 aliphatic heterocycles. The molecule has 0 spiro atoms. The number of thioether (sulfide) groups is 1. The van der Waals surface area contributed by atoms with E-state index < -0.39 is 4.92 Å². The van der Waals surface area contributed by atoms with Gasteiger partial charge in [0.25, 0.3) is 5.69 Å². The van der Waals surface area contributed by atoms with Crippen LogP contribution in [0.15, 0.2) is 29.2 Å². The third kappa shape index (κ3) is 7.04. The van der Waals surface area contributed by atoms with Crippen molar-refractivity contribution in [2.24, 2.45) is 0 Å². The summed E-state index contributed by atoms with van der Waals surface area (Å²) in [6, 6.07) is 6.25. The van der Waals surface area contributed by atoms with Gasteiger partial charge in [-0.3, -0.25) is 14.9 Å². The zero-order valence-electron chi connectivity index (χ0n) is 14.6. The number of nitrogens with zero attached hydrogens (tertiary/aromatic N) is 1. The van der Waals surface area contributed by atoms with Crippen LogP contribution in [0, 0.1) is 10.1 Å². The Morgan fingerprint density at radius 1 is 1.32 bits per heavy atom. The maximum Gasteiger partial charge on any atom is 0.269 e. The first-order valence-electron chi connectivity index (χ1n) is 8.86. The zero-order valence-corrected chi connectivity index (χ0v) is 15.4. The number of ether oxygens (including phenoxy) is 1. The molecule has 1 aliphatic carbocycles. The van der Waals surface area contributed by atoms with Gasteiger partial charge in [0.1, 0.15) is 0 Å². The first-order valence-corrected chi connectivity index (χ1v) is 9.74. The van der Waals surface area contributed by atoms with E-state index in [1.807, 2.05) is 6.92 Å². The van der Waals surface area contributed by atoms with Gasteiger partial charge in [0.05, 0.1) is 16.3 Å². The fourth-order valence-electron chi connectivity index (χ4n) is 2.81. The second-order valence-electron chi connectivity index (χ2n) is 6.29. The summed E-state index contributed by atoms with van der Waals surface area (Å²) in [4.78, 5) is 23.2. The summed E-state index contributed by atoms with van der Waals surface area (Å²) in [7, 11) is 0. The average Bonchev–Trinajstić information content (AvgIpc) is 2.62. The first kappa shape index (κ1) is 19.7. The van der Waals surface area contributed by atoms with E-state index >= 15 is 0 Å². The second-order valence-corrected chi connectivity index (χ2v) is 7.70. The van der Waals surface area contributed by atoms with Crippen molar-refractivity contribution >= 4 is 23.4 Å². The summed E-state index contributed by atoms with van der Waals surface area (Å²) in [5.74, 6) is -0.0268. The quantitative estimate of drug-likeness (QED) is 0.310. The Morgan fingerprint density at radius 2 is 2.00 bits per heavy atom. The van der Waals surface area contributed by atoms with Crippen LogP contribution in [0.5, 0.6) is 0 Å². The highest BCUT2D eigenvalue weighted by Crippen LogP contribution is 2.25. The number of hydrogen-bond acceptors (Lipinski definition) is 5. The molecule has 7 heteroatoms. The molecule has 6 nitrogen and oxygen atoms in total. The topological polar surface area (TPSA) is 81.5 Å². The number of hydrogen-bond donors (Lipinski definition) is 1. The van der Waals surface area contributed by atoms with Crippen molar-refractivity contribution in [3.63, 3.8) is 0 Å². The van der Waals surface area contributed by atoms with Crippen LogP contribution >= 0.6 is 11.8 Å². The van der Waals surface area contributed by atoms with Crippen molar-refractivity contribution in [1.82, 2.24) is 5.32 Å². The van der Waals surface area contributed by atoms with Gasteiger partial charge in [-0.25, -0.2) is 0 Å². The first-order chi connectivity index (χ1) is 12.1. The monoisotopic (exact) mass is 366 g/mol. The van der Waals surface area contributed by atoms with E-state index in [-0.39, 0.29) is 16.8 Å². The van der Waals surface area contributed by atoms with Crippen LogP contribution in [0.3, 0.4) is 0 Å². The Hall–Kier alpha value is -1.60. The maximum atomic E-state index is 12.1. The molecule has 1 aromatic carbocycles. The SMILES string of the molecule is CC(Sc1ccc([N+](=O)[O-])cc1)C(=O)NCCCOC1CCCCC1. The molecule has 0 aromatic heterocycles. The molecular formula is C18H26N2O4S. The Balaban J connectivity index is 1.61. The molecule has 2 rings (SSSR count). The minimum absolute atomic E-state index is 0.0268. The molecule has 1 fully saturated rings. The number of carbonyl (C=O) groups excluding carboxylic acids is 1. The predicted molar refractivity (Wildman–Crippen MR) is 98.9 cm³/mol. The summed E-state index contributed by atoms with van der Waals surface area (Å²) in [6.07, 6.45) is 7.39. The summed E-state index contributed by atoms with van der Waals surface area (Å²) in [5, 5.41) is 13.3. The standard InChI is InChI=1S/C18H26N2O4S/c1-14(25-17-10-8-15(9-11-17)20(22)23)18(21)19-12-5-13-24-16-6-3-2-4-7-16/h8-11,14,16H,2-7,12-13H2,1H3,(H,19,21). The molecule has 0 bridgehead atoms. The van der Waals surface area contributed by atoms with Crippen molar-refractivity contribution in [2.45, 2.75) is 61.7 Å². The molecule has 1 atom stereocenters. The van der Waals surface area contributed by atoms with Crippen molar-refractivity contribution in [2.75, 3.05) is 13.2 Å². The van der Waals surface area contributed by atoms with E-state index in [1.165, 1.54) is 43.2 Å². The summed E-state index contributed by atoms with van der Waals surface area (Å²) in [6.45, 7) is 3.13. The van der Waals surface area contributed by atoms with Crippen molar-refractivity contribution in [1.29, 1.82) is 0 Å². The molecule has 0 saturated heterocycles. The van der Waals surface area contributed by atoms with Gasteiger partial charge in [0.15, 0.2) is 0 Å². The van der Waals surface area contributed by atoms with Crippen LogP contribution in [0.25, 0.3) is 0 Å². The highest BCUT2D eigenvalue weighted by atomic mass is 32.2. The lowest BCUT2D eigenvalue weighted by molar-refractivity contribution is -0.384. The van der Waals surface area contributed by atoms with Gasteiger partial charge in [-0.2, -0.15) is 0 Å². The van der Waals surface area contributed by atoms with Crippen molar-refractivity contribution in [3.8, 4) is 0 Å². The molecule has 25 heavy (non-hydrogen) atoms. The molecule has 1 amide bonds. The lowest BCUT2D eigenvalue weighted by Gasteiger charge is -2.22. The number of non-ortho nitro benzene ring substituents is 1. The van der Waals surface area contributed by atoms with Crippen LogP contribution in [-0.2, 0) is 9.53 Å². The minimum atomic E-state index is -0.431. The van der Waals surface area contributed by atoms with E-state index in [0.717, 1.165) is 24.2 Å². The highest BCUT2D eigenvalue weighted by Gasteiger charge is 2.15. The van der Waals surface area contributed by atoms with Crippen LogP contribution in [0.4, 0.5) is 5.69 Å². The van der Waals surface area contributed by atoms with E-state index in [0.29, 0.717) is 19.3 Å². The molecule has 1 aromatic rings. The van der Waals surface area contributed by atoms with E-state index in [1.54, 1.807) is 12.1 Å². The minimum Gasteiger partial charge on any atom is -0.378 e. The third-order valence-electron chi connectivity index (χ3n) is 4.26. The van der Waals surface area contributed by atoms with Crippen molar-refractivity contribution < 1.29 is 14.5 Å². The van der Waals surface area contributed by atoms with Gasteiger partial charge in [-0.15, -0.1) is 11.8 Å². The van der Waals surface area contributed by atoms with Crippen LogP contribution < -0.4 is 5.32 Å². The lowest BCUT2D eigenvalue weighted by Crippen LogP contribution is -2.32. The third-order valence-corrected chi connectivity index (χ3v) is 5.37. The number of rotatable bonds is 9. The molecule has 1 saturated carbocycles. The Morgan fingerprint density at radius 3 is 2.64 bits per heavy atom. The van der Waals surface area contributed by atoms with Crippen LogP contribution in [0.2, 0.25) is 0 Å². The normalized spacial score (nSPS) is 16.4. The molecule has 138 valence electrons. The van der Waals surface area contributed by atoms with E-state index in [4.69, 9.17) is 4.74 Å². The summed E-state index contributed by atoms with van der Waals surface area (Å²) in [5.41, 5.74) is 0.0550. The van der Waals surface area contributed by atoms with Crippen molar-refractivity contribution in [3.05, 3.63) is 34.4 Å². The van der Waals surface area contributed by atoms with E-state index in [2.05, 4.69) is 5.32 Å². The number of amides is 1. The second kappa shape index (κ2) is 10.4. The van der Waals surface area contributed by atoms with E-state index in [9.17, 15) is 14.9 Å². The Kier molecular flexibility index (Phi) is 8.21. The number of carbonyl (C=O) groups is 1. The van der Waals surface area contributed by atoms with Gasteiger partial charge in [-0.05, 0) is 38.3 Å². The van der Waals surface area contributed by atoms with Crippen LogP contribution in [-0.4, -0.2) is 35.3 Å². The number of nitrogens with one attached hydrogen (secondary N) is 1. The fourth-order valence-corrected chi connectivity index (χ4v) is 3.71. The van der Waals surface area contributed by atoms with Gasteiger partial charge in [0, 0.05) is 30.2 Å². The van der Waals surface area contributed by atoms with Gasteiger partial charge >= 0.3 is 0 Å². The summed E-state index contributed by atoms with van der Waals surface area (Å²) < 4.78 is 5.84. The maximum absolute atomic E-state index is 12.1. The Bertz CT molecular complexity index is 559. The van der Waals surface area contributed by atoms with Gasteiger partial charge in [-0.1, -0.05) is 19.3 Å². The lowest BCUT2D eigenvalue weighted by atomic mass is 9.98. The van der Waals surface area contributed by atoms with Crippen LogP contribution in [0.1, 0.15) is 45.4 Å². The molecule has 0 heterocycles. The van der Waals surface area contributed by atoms with Gasteiger partial charge < -0.3 is 10.1 Å². The summed E-state index contributed by atoms with van der Waals surface area (Å²) >= 11 is 1.39. The highest BCUT2D eigenvalue weighted by molar-refractivity contribution is 8.00. The number of nitro groups is 1. The fraction of sp³-hybridized carbons (Fsp3) is 0.611. The molecular weight excluding hydrogens is 340 g/mol. The average molecular weight is 366 g/mol. The predicted octanol–water partition coefficient (Wildman–Crippen LogP) is 3.93. The zero-order chi connectivity index (χ0) is 18.1. The molecule has 1 aliphatic rings. The largest absolute Gasteiger partial charge is 0.378 e. The smallest absolute Gasteiger partial charge is 0.269 e. The molecule has 1 unspecified atom stereocenters. The molecule has 0 radical (unpaired) electrons. The molecule has 1 N–H and O–H groups in total. The number of nitro benzene ring substituents is 1. The number of benzene rings is 1. The van der Waals surface area contributed by atoms with Gasteiger partial charge in [0.2, 0.25) is 5.91 Å².